The number of guanidine groups is 1. The zero-order valence-electron chi connectivity index (χ0n) is 16.0. The normalized spacial score (nSPS) is 15.7. The van der Waals surface area contributed by atoms with E-state index in [2.05, 4.69) is 22.5 Å². The molecule has 1 fully saturated rings. The minimum absolute atomic E-state index is 0.109. The number of rotatable bonds is 12. The highest BCUT2D eigenvalue weighted by molar-refractivity contribution is 5.79. The van der Waals surface area contributed by atoms with Crippen LogP contribution in [0.1, 0.15) is 38.2 Å². The molecule has 1 aliphatic carbocycles. The Morgan fingerprint density at radius 2 is 1.77 bits per heavy atom. The average molecular weight is 365 g/mol. The maximum Gasteiger partial charge on any atom is 0.191 e. The zero-order valence-corrected chi connectivity index (χ0v) is 16.0. The van der Waals surface area contributed by atoms with Crippen LogP contribution in [-0.2, 0) is 14.9 Å². The van der Waals surface area contributed by atoms with Gasteiger partial charge in [0.15, 0.2) is 5.96 Å². The Labute approximate surface area is 156 Å². The molecule has 0 amide bonds. The lowest BCUT2D eigenvalue weighted by atomic mass is 9.96. The molecule has 0 saturated heterocycles. The summed E-state index contributed by atoms with van der Waals surface area (Å²) in [6.45, 7) is 6.32. The van der Waals surface area contributed by atoms with Gasteiger partial charge < -0.3 is 20.1 Å². The second-order valence-electron chi connectivity index (χ2n) is 6.72. The molecular weight excluding hydrogens is 333 g/mol. The molecule has 6 heteroatoms. The minimum atomic E-state index is -0.189. The number of nitrogens with one attached hydrogen (secondary N) is 2. The van der Waals surface area contributed by atoms with Gasteiger partial charge in [0.2, 0.25) is 0 Å². The molecule has 1 aliphatic rings. The molecule has 0 bridgehead atoms. The molecular formula is C20H32FN3O2. The summed E-state index contributed by atoms with van der Waals surface area (Å²) >= 11 is 0. The largest absolute Gasteiger partial charge is 0.379 e. The molecule has 0 aliphatic heterocycles. The van der Waals surface area contributed by atoms with Gasteiger partial charge in [0.25, 0.3) is 0 Å². The third kappa shape index (κ3) is 6.92. The van der Waals surface area contributed by atoms with E-state index < -0.39 is 0 Å². The summed E-state index contributed by atoms with van der Waals surface area (Å²) in [4.78, 5) is 4.25. The monoisotopic (exact) mass is 365 g/mol. The fraction of sp³-hybridized carbons (Fsp3) is 0.650. The van der Waals surface area contributed by atoms with Crippen LogP contribution in [0, 0.1) is 5.82 Å². The maximum atomic E-state index is 13.1. The van der Waals surface area contributed by atoms with Crippen LogP contribution in [0.5, 0.6) is 0 Å². The molecule has 0 heterocycles. The van der Waals surface area contributed by atoms with Crippen molar-refractivity contribution in [3.05, 3.63) is 35.6 Å². The first-order chi connectivity index (χ1) is 12.7. The zero-order chi connectivity index (χ0) is 18.7. The van der Waals surface area contributed by atoms with Crippen LogP contribution in [0.25, 0.3) is 0 Å². The van der Waals surface area contributed by atoms with Gasteiger partial charge in [-0.3, -0.25) is 4.99 Å². The van der Waals surface area contributed by atoms with Gasteiger partial charge in [-0.05, 0) is 37.0 Å². The molecule has 0 aromatic heterocycles. The third-order valence-electron chi connectivity index (χ3n) is 4.68. The summed E-state index contributed by atoms with van der Waals surface area (Å²) in [5, 5.41) is 6.63. The molecule has 0 spiro atoms. The molecule has 5 nitrogen and oxygen atoms in total. The van der Waals surface area contributed by atoms with E-state index in [0.717, 1.165) is 44.8 Å². The Hall–Kier alpha value is -1.66. The first kappa shape index (κ1) is 20.6. The molecule has 1 aromatic rings. The molecule has 0 radical (unpaired) electrons. The number of nitrogens with zero attached hydrogens (tertiary/aromatic N) is 1. The van der Waals surface area contributed by atoms with Gasteiger partial charge in [-0.25, -0.2) is 4.39 Å². The lowest BCUT2D eigenvalue weighted by molar-refractivity contribution is 0.0487. The number of ether oxygens (including phenoxy) is 2. The van der Waals surface area contributed by atoms with E-state index in [4.69, 9.17) is 9.47 Å². The van der Waals surface area contributed by atoms with Gasteiger partial charge >= 0.3 is 0 Å². The van der Waals surface area contributed by atoms with Crippen LogP contribution in [0.2, 0.25) is 0 Å². The van der Waals surface area contributed by atoms with Gasteiger partial charge in [-0.1, -0.05) is 25.5 Å². The number of benzene rings is 1. The number of aliphatic imine (C=N–C) groups is 1. The molecule has 1 saturated carbocycles. The van der Waals surface area contributed by atoms with E-state index in [0.29, 0.717) is 26.4 Å². The van der Waals surface area contributed by atoms with Crippen LogP contribution in [-0.4, -0.2) is 52.5 Å². The number of unbranched alkanes of at least 4 members (excludes halogenated alkanes) is 1. The van der Waals surface area contributed by atoms with E-state index in [1.807, 2.05) is 12.1 Å². The summed E-state index contributed by atoms with van der Waals surface area (Å²) in [7, 11) is 1.76. The van der Waals surface area contributed by atoms with E-state index >= 15 is 0 Å². The molecule has 0 unspecified atom stereocenters. The minimum Gasteiger partial charge on any atom is -0.379 e. The number of hydrogen-bond donors (Lipinski definition) is 2. The Morgan fingerprint density at radius 1 is 1.08 bits per heavy atom. The summed E-state index contributed by atoms with van der Waals surface area (Å²) in [6, 6.07) is 6.84. The molecule has 26 heavy (non-hydrogen) atoms. The highest BCUT2D eigenvalue weighted by Crippen LogP contribution is 2.47. The van der Waals surface area contributed by atoms with Gasteiger partial charge in [0.1, 0.15) is 5.82 Å². The van der Waals surface area contributed by atoms with E-state index in [1.54, 1.807) is 7.05 Å². The summed E-state index contributed by atoms with van der Waals surface area (Å²) in [5.74, 6) is 0.576. The van der Waals surface area contributed by atoms with E-state index in [-0.39, 0.29) is 11.2 Å². The topological polar surface area (TPSA) is 54.9 Å². The van der Waals surface area contributed by atoms with Gasteiger partial charge in [-0.15, -0.1) is 0 Å². The maximum absolute atomic E-state index is 13.1. The quantitative estimate of drug-likeness (QED) is 0.340. The molecule has 0 atom stereocenters. The van der Waals surface area contributed by atoms with Crippen LogP contribution in [0.4, 0.5) is 4.39 Å². The summed E-state index contributed by atoms with van der Waals surface area (Å²) < 4.78 is 24.1. The van der Waals surface area contributed by atoms with Gasteiger partial charge in [-0.2, -0.15) is 0 Å². The highest BCUT2D eigenvalue weighted by Gasteiger charge is 2.44. The van der Waals surface area contributed by atoms with Crippen molar-refractivity contribution in [3.8, 4) is 0 Å². The standard InChI is InChI=1S/C20H32FN3O2/c1-3-4-12-25-14-15-26-13-11-23-19(22-2)24-16-20(9-10-20)17-5-7-18(21)8-6-17/h5-8H,3-4,9-16H2,1-2H3,(H2,22,23,24). The molecule has 2 N–H and O–H groups in total. The highest BCUT2D eigenvalue weighted by atomic mass is 19.1. The van der Waals surface area contributed by atoms with Crippen molar-refractivity contribution in [3.63, 3.8) is 0 Å². The van der Waals surface area contributed by atoms with E-state index in [9.17, 15) is 4.39 Å². The van der Waals surface area contributed by atoms with Crippen molar-refractivity contribution in [2.24, 2.45) is 4.99 Å². The number of halogens is 1. The fourth-order valence-electron chi connectivity index (χ4n) is 2.81. The van der Waals surface area contributed by atoms with Crippen molar-refractivity contribution in [2.75, 3.05) is 46.6 Å². The molecule has 1 aromatic carbocycles. The van der Waals surface area contributed by atoms with Crippen LogP contribution in [0.15, 0.2) is 29.3 Å². The summed E-state index contributed by atoms with van der Waals surface area (Å²) in [5.41, 5.74) is 1.30. The van der Waals surface area contributed by atoms with Crippen LogP contribution < -0.4 is 10.6 Å². The Balaban J connectivity index is 1.59. The summed E-state index contributed by atoms with van der Waals surface area (Å²) in [6.07, 6.45) is 4.48. The van der Waals surface area contributed by atoms with Crippen molar-refractivity contribution < 1.29 is 13.9 Å². The van der Waals surface area contributed by atoms with Crippen molar-refractivity contribution in [1.82, 2.24) is 10.6 Å². The van der Waals surface area contributed by atoms with Crippen LogP contribution in [0.3, 0.4) is 0 Å². The predicted molar refractivity (Wildman–Crippen MR) is 103 cm³/mol. The van der Waals surface area contributed by atoms with E-state index in [1.165, 1.54) is 17.7 Å². The SMILES string of the molecule is CCCCOCCOCCNC(=NC)NCC1(c2ccc(F)cc2)CC1. The first-order valence-corrected chi connectivity index (χ1v) is 9.56. The Bertz CT molecular complexity index is 544. The smallest absolute Gasteiger partial charge is 0.191 e. The predicted octanol–water partition coefficient (Wildman–Crippen LogP) is 2.86. The molecule has 2 rings (SSSR count). The van der Waals surface area contributed by atoms with Gasteiger partial charge in [0.05, 0.1) is 19.8 Å². The lowest BCUT2D eigenvalue weighted by Gasteiger charge is -2.19. The van der Waals surface area contributed by atoms with Crippen molar-refractivity contribution in [1.29, 1.82) is 0 Å². The Morgan fingerprint density at radius 3 is 2.38 bits per heavy atom. The number of hydrogen-bond acceptors (Lipinski definition) is 3. The average Bonchev–Trinajstić information content (AvgIpc) is 3.44. The lowest BCUT2D eigenvalue weighted by Crippen LogP contribution is -2.42. The molecule has 146 valence electrons. The van der Waals surface area contributed by atoms with Crippen molar-refractivity contribution >= 4 is 5.96 Å². The van der Waals surface area contributed by atoms with Gasteiger partial charge in [0, 0.05) is 32.2 Å². The fourth-order valence-corrected chi connectivity index (χ4v) is 2.81. The third-order valence-corrected chi connectivity index (χ3v) is 4.68. The Kier molecular flexibility index (Phi) is 8.85. The van der Waals surface area contributed by atoms with Crippen LogP contribution >= 0.6 is 0 Å². The second-order valence-corrected chi connectivity index (χ2v) is 6.72. The van der Waals surface area contributed by atoms with Crippen molar-refractivity contribution in [2.45, 2.75) is 38.0 Å². The second kappa shape index (κ2) is 11.1. The first-order valence-electron chi connectivity index (χ1n) is 9.56.